The van der Waals surface area contributed by atoms with Crippen molar-refractivity contribution in [1.82, 2.24) is 25.1 Å². The minimum Gasteiger partial charge on any atom is -0.354 e. The second kappa shape index (κ2) is 9.71. The van der Waals surface area contributed by atoms with E-state index in [9.17, 15) is 18.0 Å². The second-order valence-electron chi connectivity index (χ2n) is 8.01. The number of nitrogens with one attached hydrogen (secondary N) is 1. The van der Waals surface area contributed by atoms with E-state index in [1.54, 1.807) is 30.0 Å². The van der Waals surface area contributed by atoms with Gasteiger partial charge in [-0.1, -0.05) is 29.3 Å². The fraction of sp³-hybridized carbons (Fsp3) is 0.318. The molecule has 1 amide bonds. The molecule has 7 nitrogen and oxygen atoms in total. The number of hydrogen-bond acceptors (Lipinski definition) is 6. The summed E-state index contributed by atoms with van der Waals surface area (Å²) in [6.45, 7) is 2.90. The van der Waals surface area contributed by atoms with Crippen molar-refractivity contribution in [3.05, 3.63) is 75.3 Å². The molecule has 1 N–H and O–H groups in total. The minimum atomic E-state index is -4.51. The number of likely N-dealkylation sites (tertiary alicyclic amines) is 1. The minimum absolute atomic E-state index is 0.0691. The number of nitrogens with zero attached hydrogens (tertiary/aromatic N) is 5. The largest absolute Gasteiger partial charge is 0.419 e. The number of hydrogen-bond donors (Lipinski definition) is 1. The molecule has 0 saturated carbocycles. The predicted octanol–water partition coefficient (Wildman–Crippen LogP) is 4.87. The van der Waals surface area contributed by atoms with Crippen LogP contribution in [0.15, 0.2) is 42.9 Å². The molecule has 3 heterocycles. The Bertz CT molecular complexity index is 1190. The number of carbonyl (C=O) groups is 1. The van der Waals surface area contributed by atoms with E-state index in [-0.39, 0.29) is 23.7 Å². The zero-order valence-electron chi connectivity index (χ0n) is 17.9. The number of aryl methyl sites for hydroxylation is 1. The third-order valence-corrected chi connectivity index (χ3v) is 6.36. The lowest BCUT2D eigenvalue weighted by Crippen LogP contribution is -2.30. The van der Waals surface area contributed by atoms with Gasteiger partial charge in [0.15, 0.2) is 0 Å². The van der Waals surface area contributed by atoms with E-state index in [0.717, 1.165) is 18.0 Å². The molecule has 2 atom stereocenters. The lowest BCUT2D eigenvalue weighted by Gasteiger charge is -2.19. The van der Waals surface area contributed by atoms with E-state index in [1.165, 1.54) is 6.20 Å². The van der Waals surface area contributed by atoms with Crippen LogP contribution in [0.4, 0.5) is 19.1 Å². The second-order valence-corrected chi connectivity index (χ2v) is 8.82. The summed E-state index contributed by atoms with van der Waals surface area (Å²) in [4.78, 5) is 22.3. The monoisotopic (exact) mass is 510 g/mol. The molecule has 4 rings (SSSR count). The van der Waals surface area contributed by atoms with Gasteiger partial charge >= 0.3 is 6.18 Å². The molecule has 0 aliphatic carbocycles. The average molecular weight is 511 g/mol. The van der Waals surface area contributed by atoms with Crippen molar-refractivity contribution in [2.24, 2.45) is 5.92 Å². The summed E-state index contributed by atoms with van der Waals surface area (Å²) in [5, 5.41) is 11.6. The Balaban J connectivity index is 1.54. The van der Waals surface area contributed by atoms with Crippen molar-refractivity contribution < 1.29 is 18.0 Å². The van der Waals surface area contributed by atoms with Gasteiger partial charge in [-0.3, -0.25) is 4.79 Å². The van der Waals surface area contributed by atoms with Gasteiger partial charge in [0, 0.05) is 43.9 Å². The van der Waals surface area contributed by atoms with Crippen molar-refractivity contribution >= 4 is 35.1 Å². The molecule has 0 bridgehead atoms. The van der Waals surface area contributed by atoms with E-state index in [2.05, 4.69) is 25.5 Å². The Labute approximate surface area is 203 Å². The first kappa shape index (κ1) is 24.2. The number of aromatic nitrogens is 4. The van der Waals surface area contributed by atoms with E-state index in [4.69, 9.17) is 23.2 Å². The van der Waals surface area contributed by atoms with Crippen molar-refractivity contribution in [1.29, 1.82) is 0 Å². The standard InChI is InChI=1S/C22H19Cl2F3N6O/c1-12-4-14(7-31-32-12)20(34)33-10-15(17(11-33)13-2-3-18(23)19(24)5-13)6-28-21-29-8-16(9-30-21)22(25,26)27/h2-5,7-9,15,17H,6,10-11H2,1H3,(H,28,29,30)/t15?,17-/m1/s1. The maximum atomic E-state index is 13.1. The first-order valence-electron chi connectivity index (χ1n) is 10.3. The van der Waals surface area contributed by atoms with Crippen molar-refractivity contribution in [2.45, 2.75) is 19.0 Å². The quantitative estimate of drug-likeness (QED) is 0.527. The van der Waals surface area contributed by atoms with Gasteiger partial charge in [-0.25, -0.2) is 9.97 Å². The Morgan fingerprint density at radius 2 is 1.85 bits per heavy atom. The van der Waals surface area contributed by atoms with Crippen LogP contribution in [0.3, 0.4) is 0 Å². The molecule has 3 aromatic rings. The Morgan fingerprint density at radius 1 is 1.12 bits per heavy atom. The van der Waals surface area contributed by atoms with Gasteiger partial charge in [-0.2, -0.15) is 23.4 Å². The fourth-order valence-electron chi connectivity index (χ4n) is 3.93. The molecule has 1 saturated heterocycles. The van der Waals surface area contributed by atoms with Crippen LogP contribution in [0.25, 0.3) is 0 Å². The van der Waals surface area contributed by atoms with Gasteiger partial charge in [0.2, 0.25) is 5.95 Å². The van der Waals surface area contributed by atoms with Gasteiger partial charge in [0.05, 0.1) is 33.1 Å². The third kappa shape index (κ3) is 5.39. The van der Waals surface area contributed by atoms with Crippen molar-refractivity contribution in [2.75, 3.05) is 25.0 Å². The lowest BCUT2D eigenvalue weighted by atomic mass is 9.89. The highest BCUT2D eigenvalue weighted by Crippen LogP contribution is 2.36. The average Bonchev–Trinajstić information content (AvgIpc) is 3.23. The zero-order valence-corrected chi connectivity index (χ0v) is 19.4. The van der Waals surface area contributed by atoms with Crippen LogP contribution in [0.5, 0.6) is 0 Å². The van der Waals surface area contributed by atoms with Crippen LogP contribution in [0, 0.1) is 12.8 Å². The number of benzene rings is 1. The molecule has 34 heavy (non-hydrogen) atoms. The summed E-state index contributed by atoms with van der Waals surface area (Å²) in [6.07, 6.45) is -1.63. The number of anilines is 1. The molecule has 1 unspecified atom stereocenters. The van der Waals surface area contributed by atoms with E-state index in [1.807, 2.05) is 6.07 Å². The van der Waals surface area contributed by atoms with Crippen LogP contribution in [-0.2, 0) is 6.18 Å². The van der Waals surface area contributed by atoms with Crippen LogP contribution in [0.2, 0.25) is 10.0 Å². The topological polar surface area (TPSA) is 83.9 Å². The fourth-order valence-corrected chi connectivity index (χ4v) is 4.23. The number of alkyl halides is 3. The summed E-state index contributed by atoms with van der Waals surface area (Å²) >= 11 is 12.3. The Kier molecular flexibility index (Phi) is 6.90. The zero-order chi connectivity index (χ0) is 24.5. The molecule has 1 aliphatic rings. The molecule has 0 radical (unpaired) electrons. The van der Waals surface area contributed by atoms with Crippen LogP contribution in [-0.4, -0.2) is 50.6 Å². The highest BCUT2D eigenvalue weighted by molar-refractivity contribution is 6.42. The van der Waals surface area contributed by atoms with Crippen molar-refractivity contribution in [3.63, 3.8) is 0 Å². The molecule has 12 heteroatoms. The van der Waals surface area contributed by atoms with E-state index >= 15 is 0 Å². The third-order valence-electron chi connectivity index (χ3n) is 5.63. The molecule has 1 fully saturated rings. The molecule has 1 aromatic carbocycles. The molecule has 2 aromatic heterocycles. The molecular formula is C22H19Cl2F3N6O. The Hall–Kier alpha value is -2.98. The van der Waals surface area contributed by atoms with Crippen LogP contribution in [0.1, 0.15) is 33.1 Å². The smallest absolute Gasteiger partial charge is 0.354 e. The SMILES string of the molecule is Cc1cc(C(=O)N2CC(CNc3ncc(C(F)(F)F)cn3)[C@@H](c3ccc(Cl)c(Cl)c3)C2)cnn1. The van der Waals surface area contributed by atoms with Gasteiger partial charge < -0.3 is 10.2 Å². The predicted molar refractivity (Wildman–Crippen MR) is 121 cm³/mol. The van der Waals surface area contributed by atoms with E-state index < -0.39 is 11.7 Å². The Morgan fingerprint density at radius 3 is 2.50 bits per heavy atom. The van der Waals surface area contributed by atoms with Gasteiger partial charge in [0.25, 0.3) is 5.91 Å². The van der Waals surface area contributed by atoms with Crippen molar-refractivity contribution in [3.8, 4) is 0 Å². The normalized spacial score (nSPS) is 18.2. The number of halogens is 5. The summed E-state index contributed by atoms with van der Waals surface area (Å²) in [7, 11) is 0. The number of carbonyl (C=O) groups excluding carboxylic acids is 1. The summed E-state index contributed by atoms with van der Waals surface area (Å²) < 4.78 is 38.3. The molecule has 1 aliphatic heterocycles. The first-order valence-corrected chi connectivity index (χ1v) is 11.0. The van der Waals surface area contributed by atoms with Gasteiger partial charge in [-0.05, 0) is 30.7 Å². The highest BCUT2D eigenvalue weighted by atomic mass is 35.5. The highest BCUT2D eigenvalue weighted by Gasteiger charge is 2.37. The number of amides is 1. The lowest BCUT2D eigenvalue weighted by molar-refractivity contribution is -0.138. The summed E-state index contributed by atoms with van der Waals surface area (Å²) in [5.41, 5.74) is 1.03. The van der Waals surface area contributed by atoms with E-state index in [0.29, 0.717) is 40.9 Å². The summed E-state index contributed by atoms with van der Waals surface area (Å²) in [5.74, 6) is -0.310. The maximum absolute atomic E-state index is 13.1. The summed E-state index contributed by atoms with van der Waals surface area (Å²) in [6, 6.07) is 6.99. The molecular weight excluding hydrogens is 492 g/mol. The number of rotatable bonds is 5. The molecule has 178 valence electrons. The molecule has 0 spiro atoms. The van der Waals surface area contributed by atoms with Crippen LogP contribution < -0.4 is 5.32 Å². The van der Waals surface area contributed by atoms with Crippen LogP contribution >= 0.6 is 23.2 Å². The van der Waals surface area contributed by atoms with Gasteiger partial charge in [-0.15, -0.1) is 0 Å². The van der Waals surface area contributed by atoms with Gasteiger partial charge in [0.1, 0.15) is 0 Å². The first-order chi connectivity index (χ1) is 16.1. The maximum Gasteiger partial charge on any atom is 0.419 e.